The van der Waals surface area contributed by atoms with Crippen molar-refractivity contribution in [1.82, 2.24) is 20.2 Å². The largest absolute Gasteiger partial charge is 0.321 e. The summed E-state index contributed by atoms with van der Waals surface area (Å²) >= 11 is 0. The van der Waals surface area contributed by atoms with Crippen molar-refractivity contribution in [2.75, 3.05) is 0 Å². The lowest BCUT2D eigenvalue weighted by atomic mass is 10.1. The Hall–Kier alpha value is -0.970. The minimum Gasteiger partial charge on any atom is -0.321 e. The number of hydrogen-bond donors (Lipinski definition) is 1. The highest BCUT2D eigenvalue weighted by molar-refractivity contribution is 4.85. The molecule has 0 spiro atoms. The summed E-state index contributed by atoms with van der Waals surface area (Å²) in [5.41, 5.74) is 5.47. The second kappa shape index (κ2) is 2.82. The van der Waals surface area contributed by atoms with Crippen molar-refractivity contribution in [2.24, 2.45) is 5.73 Å². The predicted molar refractivity (Wildman–Crippen MR) is 45.4 cm³/mol. The fourth-order valence-corrected chi connectivity index (χ4v) is 0.692. The number of nitrogens with zero attached hydrogens (tertiary/aromatic N) is 4. The van der Waals surface area contributed by atoms with Crippen molar-refractivity contribution in [3.8, 4) is 0 Å². The van der Waals surface area contributed by atoms with Gasteiger partial charge in [0.2, 0.25) is 0 Å². The summed E-state index contributed by atoms with van der Waals surface area (Å²) in [5.74, 6) is 0.588. The van der Waals surface area contributed by atoms with Gasteiger partial charge in [-0.1, -0.05) is 0 Å². The minimum atomic E-state index is -0.152. The summed E-state index contributed by atoms with van der Waals surface area (Å²) in [6, 6.07) is -0.152. The molecule has 1 heterocycles. The normalized spacial score (nSPS) is 14.8. The van der Waals surface area contributed by atoms with Gasteiger partial charge in [-0.15, -0.1) is 10.2 Å². The number of tetrazole rings is 1. The molecule has 0 bridgehead atoms. The first-order chi connectivity index (χ1) is 5.41. The monoisotopic (exact) mass is 169 g/mol. The zero-order valence-electron chi connectivity index (χ0n) is 7.94. The summed E-state index contributed by atoms with van der Waals surface area (Å²) in [6.45, 7) is 7.88. The Kier molecular flexibility index (Phi) is 2.14. The number of aromatic nitrogens is 4. The maximum absolute atomic E-state index is 5.59. The van der Waals surface area contributed by atoms with Gasteiger partial charge in [-0.2, -0.15) is 4.80 Å². The van der Waals surface area contributed by atoms with Gasteiger partial charge >= 0.3 is 0 Å². The van der Waals surface area contributed by atoms with E-state index in [0.717, 1.165) is 0 Å². The Morgan fingerprint density at radius 3 is 2.25 bits per heavy atom. The van der Waals surface area contributed by atoms with Gasteiger partial charge in [0, 0.05) is 0 Å². The van der Waals surface area contributed by atoms with Crippen LogP contribution in [-0.4, -0.2) is 20.2 Å². The molecule has 12 heavy (non-hydrogen) atoms. The maximum Gasteiger partial charge on any atom is 0.191 e. The van der Waals surface area contributed by atoms with Gasteiger partial charge in [-0.3, -0.25) is 0 Å². The van der Waals surface area contributed by atoms with Gasteiger partial charge in [-0.25, -0.2) is 0 Å². The Morgan fingerprint density at radius 1 is 1.42 bits per heavy atom. The quantitative estimate of drug-likeness (QED) is 0.662. The molecule has 0 amide bonds. The second-order valence-electron chi connectivity index (χ2n) is 3.90. The van der Waals surface area contributed by atoms with E-state index in [1.165, 1.54) is 0 Å². The van der Waals surface area contributed by atoms with Crippen molar-refractivity contribution in [1.29, 1.82) is 0 Å². The van der Waals surface area contributed by atoms with Crippen LogP contribution in [0, 0.1) is 0 Å². The third kappa shape index (κ3) is 1.79. The average Bonchev–Trinajstić information content (AvgIpc) is 2.30. The Balaban J connectivity index is 2.92. The Bertz CT molecular complexity index is 257. The van der Waals surface area contributed by atoms with Crippen LogP contribution in [0.2, 0.25) is 0 Å². The first-order valence-electron chi connectivity index (χ1n) is 3.97. The SMILES string of the molecule is CC(N)c1nnn(C(C)(C)C)n1. The lowest BCUT2D eigenvalue weighted by Gasteiger charge is -2.15. The second-order valence-corrected chi connectivity index (χ2v) is 3.90. The van der Waals surface area contributed by atoms with Crippen LogP contribution in [-0.2, 0) is 5.54 Å². The van der Waals surface area contributed by atoms with E-state index in [9.17, 15) is 0 Å². The van der Waals surface area contributed by atoms with Crippen LogP contribution in [0.1, 0.15) is 39.6 Å². The number of nitrogens with two attached hydrogens (primary N) is 1. The molecular formula is C7H15N5. The van der Waals surface area contributed by atoms with E-state index in [1.807, 2.05) is 27.7 Å². The highest BCUT2D eigenvalue weighted by Crippen LogP contribution is 2.10. The third-order valence-electron chi connectivity index (χ3n) is 1.44. The van der Waals surface area contributed by atoms with Crippen molar-refractivity contribution in [3.05, 3.63) is 5.82 Å². The van der Waals surface area contributed by atoms with Crippen LogP contribution in [0.3, 0.4) is 0 Å². The van der Waals surface area contributed by atoms with Crippen LogP contribution in [0.4, 0.5) is 0 Å². The standard InChI is InChI=1S/C7H15N5/c1-5(8)6-9-11-12(10-6)7(2,3)4/h5H,8H2,1-4H3. The van der Waals surface area contributed by atoms with E-state index in [0.29, 0.717) is 5.82 Å². The fourth-order valence-electron chi connectivity index (χ4n) is 0.692. The fraction of sp³-hybridized carbons (Fsp3) is 0.857. The molecule has 0 saturated carbocycles. The van der Waals surface area contributed by atoms with Crippen LogP contribution in [0.15, 0.2) is 0 Å². The number of rotatable bonds is 1. The van der Waals surface area contributed by atoms with Gasteiger partial charge in [-0.05, 0) is 32.9 Å². The van der Waals surface area contributed by atoms with Gasteiger partial charge in [0.15, 0.2) is 5.82 Å². The zero-order chi connectivity index (χ0) is 9.35. The number of hydrogen-bond acceptors (Lipinski definition) is 4. The predicted octanol–water partition coefficient (Wildman–Crippen LogP) is 0.448. The highest BCUT2D eigenvalue weighted by Gasteiger charge is 2.17. The molecule has 1 atom stereocenters. The van der Waals surface area contributed by atoms with E-state index in [4.69, 9.17) is 5.73 Å². The zero-order valence-corrected chi connectivity index (χ0v) is 7.94. The molecule has 1 aromatic rings. The van der Waals surface area contributed by atoms with Crippen molar-refractivity contribution < 1.29 is 0 Å². The molecule has 0 aliphatic carbocycles. The van der Waals surface area contributed by atoms with E-state index in [-0.39, 0.29) is 11.6 Å². The molecule has 1 aromatic heterocycles. The van der Waals surface area contributed by atoms with Crippen LogP contribution < -0.4 is 5.73 Å². The molecule has 5 heteroatoms. The summed E-state index contributed by atoms with van der Waals surface area (Å²) < 4.78 is 0. The lowest BCUT2D eigenvalue weighted by Crippen LogP contribution is -2.25. The summed E-state index contributed by atoms with van der Waals surface area (Å²) in [5, 5.41) is 11.9. The third-order valence-corrected chi connectivity index (χ3v) is 1.44. The van der Waals surface area contributed by atoms with Gasteiger partial charge in [0.25, 0.3) is 0 Å². The highest BCUT2D eigenvalue weighted by atomic mass is 15.6. The smallest absolute Gasteiger partial charge is 0.191 e. The maximum atomic E-state index is 5.59. The first-order valence-corrected chi connectivity index (χ1v) is 3.97. The lowest BCUT2D eigenvalue weighted by molar-refractivity contribution is 0.305. The molecule has 0 saturated heterocycles. The Morgan fingerprint density at radius 2 is 2.00 bits per heavy atom. The molecular weight excluding hydrogens is 154 g/mol. The van der Waals surface area contributed by atoms with Crippen LogP contribution in [0.25, 0.3) is 0 Å². The molecule has 0 aromatic carbocycles. The van der Waals surface area contributed by atoms with Gasteiger partial charge < -0.3 is 5.73 Å². The van der Waals surface area contributed by atoms with Crippen LogP contribution >= 0.6 is 0 Å². The van der Waals surface area contributed by atoms with Gasteiger partial charge in [0.1, 0.15) is 0 Å². The van der Waals surface area contributed by atoms with E-state index in [1.54, 1.807) is 4.80 Å². The molecule has 2 N–H and O–H groups in total. The average molecular weight is 169 g/mol. The molecule has 0 fully saturated rings. The van der Waals surface area contributed by atoms with Crippen LogP contribution in [0.5, 0.6) is 0 Å². The molecule has 0 aliphatic heterocycles. The molecule has 0 aliphatic rings. The summed E-state index contributed by atoms with van der Waals surface area (Å²) in [4.78, 5) is 1.58. The van der Waals surface area contributed by atoms with Crippen molar-refractivity contribution >= 4 is 0 Å². The van der Waals surface area contributed by atoms with E-state index >= 15 is 0 Å². The van der Waals surface area contributed by atoms with E-state index < -0.39 is 0 Å². The summed E-state index contributed by atoms with van der Waals surface area (Å²) in [7, 11) is 0. The molecule has 1 rings (SSSR count). The van der Waals surface area contributed by atoms with E-state index in [2.05, 4.69) is 15.4 Å². The molecule has 5 nitrogen and oxygen atoms in total. The summed E-state index contributed by atoms with van der Waals surface area (Å²) in [6.07, 6.45) is 0. The molecule has 0 radical (unpaired) electrons. The molecule has 1 unspecified atom stereocenters. The molecule has 68 valence electrons. The van der Waals surface area contributed by atoms with Crippen molar-refractivity contribution in [3.63, 3.8) is 0 Å². The minimum absolute atomic E-state index is 0.125. The topological polar surface area (TPSA) is 69.6 Å². The van der Waals surface area contributed by atoms with Crippen molar-refractivity contribution in [2.45, 2.75) is 39.3 Å². The van der Waals surface area contributed by atoms with Gasteiger partial charge in [0.05, 0.1) is 11.6 Å². The first kappa shape index (κ1) is 9.12. The Labute approximate surface area is 71.9 Å².